The molecule has 0 saturated carbocycles. The molecular weight excluding hydrogens is 411 g/mol. The summed E-state index contributed by atoms with van der Waals surface area (Å²) in [5.74, 6) is -1.72. The Morgan fingerprint density at radius 3 is 2.60 bits per heavy atom. The molecule has 0 aliphatic carbocycles. The number of rotatable bonds is 4. The molecule has 11 heteroatoms. The van der Waals surface area contributed by atoms with Crippen molar-refractivity contribution in [2.24, 2.45) is 0 Å². The summed E-state index contributed by atoms with van der Waals surface area (Å²) in [7, 11) is 0. The number of benzene rings is 1. The lowest BCUT2D eigenvalue weighted by Crippen LogP contribution is -2.52. The maximum absolute atomic E-state index is 14.4. The van der Waals surface area contributed by atoms with E-state index in [9.17, 15) is 26.7 Å². The lowest BCUT2D eigenvalue weighted by atomic mass is 10.0. The molecule has 0 bridgehead atoms. The van der Waals surface area contributed by atoms with E-state index in [1.807, 2.05) is 0 Å². The van der Waals surface area contributed by atoms with Gasteiger partial charge in [0.05, 0.1) is 18.3 Å². The van der Waals surface area contributed by atoms with Crippen molar-refractivity contribution in [3.8, 4) is 17.0 Å². The minimum atomic E-state index is -5.01. The van der Waals surface area contributed by atoms with Crippen LogP contribution < -0.4 is 15.0 Å². The van der Waals surface area contributed by atoms with Gasteiger partial charge in [0.2, 0.25) is 5.91 Å². The second-order valence-electron chi connectivity index (χ2n) is 6.91. The maximum atomic E-state index is 14.4. The Balaban J connectivity index is 1.82. The fraction of sp³-hybridized carbons (Fsp3) is 0.421. The molecule has 162 valence electrons. The lowest BCUT2D eigenvalue weighted by Gasteiger charge is -2.35. The van der Waals surface area contributed by atoms with Crippen LogP contribution in [0.5, 0.6) is 5.75 Å². The number of hydrogen-bond acceptors (Lipinski definition) is 5. The van der Waals surface area contributed by atoms with Gasteiger partial charge in [0.15, 0.2) is 11.6 Å². The molecule has 1 aromatic carbocycles. The fourth-order valence-electron chi connectivity index (χ4n) is 3.27. The molecule has 3 rings (SSSR count). The molecule has 1 aromatic heterocycles. The van der Waals surface area contributed by atoms with Crippen molar-refractivity contribution in [3.63, 3.8) is 0 Å². The summed E-state index contributed by atoms with van der Waals surface area (Å²) < 4.78 is 69.1. The first-order valence-electron chi connectivity index (χ1n) is 9.09. The SMILES string of the molecule is CC(=O)NC1CCN(c2cc(-c3ccc(OC(F)(F)F)c(F)c3)nc(C)n2)CC1F. The Kier molecular flexibility index (Phi) is 6.09. The third-order valence-corrected chi connectivity index (χ3v) is 4.53. The molecule has 1 aliphatic heterocycles. The molecule has 30 heavy (non-hydrogen) atoms. The van der Waals surface area contributed by atoms with Crippen LogP contribution >= 0.6 is 0 Å². The van der Waals surface area contributed by atoms with Gasteiger partial charge in [0.1, 0.15) is 17.8 Å². The summed E-state index contributed by atoms with van der Waals surface area (Å²) in [5, 5.41) is 2.57. The van der Waals surface area contributed by atoms with Crippen LogP contribution in [0.4, 0.5) is 27.8 Å². The van der Waals surface area contributed by atoms with Crippen LogP contribution in [0.25, 0.3) is 11.3 Å². The predicted octanol–water partition coefficient (Wildman–Crippen LogP) is 3.54. The number of nitrogens with zero attached hydrogens (tertiary/aromatic N) is 3. The van der Waals surface area contributed by atoms with Gasteiger partial charge in [-0.25, -0.2) is 18.7 Å². The van der Waals surface area contributed by atoms with Gasteiger partial charge in [-0.15, -0.1) is 13.2 Å². The number of ether oxygens (including phenoxy) is 1. The number of carbonyl (C=O) groups is 1. The van der Waals surface area contributed by atoms with Crippen molar-refractivity contribution < 1.29 is 31.5 Å². The van der Waals surface area contributed by atoms with Crippen LogP contribution in [-0.2, 0) is 4.79 Å². The Labute approximate surface area is 169 Å². The van der Waals surface area contributed by atoms with E-state index in [1.54, 1.807) is 11.8 Å². The topological polar surface area (TPSA) is 67.4 Å². The number of hydrogen-bond donors (Lipinski definition) is 1. The molecule has 2 unspecified atom stereocenters. The minimum absolute atomic E-state index is 0.00639. The standard InChI is InChI=1S/C19H19F5N4O2/c1-10-25-16(12-3-4-17(13(20)7-12)30-19(22,23)24)8-18(26-10)28-6-5-15(14(21)9-28)27-11(2)29/h3-4,7-8,14-15H,5-6,9H2,1-2H3,(H,27,29). The van der Waals surface area contributed by atoms with E-state index in [-0.39, 0.29) is 23.7 Å². The summed E-state index contributed by atoms with van der Waals surface area (Å²) in [6.07, 6.45) is -5.94. The number of halogens is 5. The van der Waals surface area contributed by atoms with Crippen molar-refractivity contribution >= 4 is 11.7 Å². The van der Waals surface area contributed by atoms with E-state index < -0.39 is 30.1 Å². The van der Waals surface area contributed by atoms with E-state index in [0.717, 1.165) is 12.1 Å². The van der Waals surface area contributed by atoms with Gasteiger partial charge in [0, 0.05) is 25.1 Å². The highest BCUT2D eigenvalue weighted by molar-refractivity contribution is 5.73. The van der Waals surface area contributed by atoms with Gasteiger partial charge in [-0.05, 0) is 31.5 Å². The van der Waals surface area contributed by atoms with Gasteiger partial charge in [-0.1, -0.05) is 0 Å². The highest BCUT2D eigenvalue weighted by atomic mass is 19.4. The zero-order chi connectivity index (χ0) is 22.1. The highest BCUT2D eigenvalue weighted by Gasteiger charge is 2.33. The molecule has 1 N–H and O–H groups in total. The zero-order valence-electron chi connectivity index (χ0n) is 16.1. The molecule has 0 radical (unpaired) electrons. The molecule has 1 saturated heterocycles. The smallest absolute Gasteiger partial charge is 0.403 e. The molecule has 0 spiro atoms. The monoisotopic (exact) mass is 430 g/mol. The van der Waals surface area contributed by atoms with E-state index in [1.165, 1.54) is 19.1 Å². The van der Waals surface area contributed by atoms with Crippen molar-refractivity contribution in [3.05, 3.63) is 35.9 Å². The van der Waals surface area contributed by atoms with Crippen LogP contribution in [-0.4, -0.2) is 47.5 Å². The van der Waals surface area contributed by atoms with Crippen LogP contribution in [0.3, 0.4) is 0 Å². The van der Waals surface area contributed by atoms with Crippen molar-refractivity contribution in [2.75, 3.05) is 18.0 Å². The molecule has 2 aromatic rings. The lowest BCUT2D eigenvalue weighted by molar-refractivity contribution is -0.275. The normalized spacial score (nSPS) is 19.5. The number of carbonyl (C=O) groups excluding carboxylic acids is 1. The number of nitrogens with one attached hydrogen (secondary N) is 1. The summed E-state index contributed by atoms with van der Waals surface area (Å²) in [6, 6.07) is 3.92. The first kappa shape index (κ1) is 21.7. The minimum Gasteiger partial charge on any atom is -0.403 e. The Bertz CT molecular complexity index is 938. The molecule has 2 heterocycles. The number of amides is 1. The largest absolute Gasteiger partial charge is 0.573 e. The fourth-order valence-corrected chi connectivity index (χ4v) is 3.27. The molecule has 1 fully saturated rings. The Morgan fingerprint density at radius 1 is 1.27 bits per heavy atom. The van der Waals surface area contributed by atoms with E-state index in [2.05, 4.69) is 20.0 Å². The first-order valence-corrected chi connectivity index (χ1v) is 9.09. The van der Waals surface area contributed by atoms with Crippen LogP contribution in [0, 0.1) is 12.7 Å². The summed E-state index contributed by atoms with van der Waals surface area (Å²) in [5.41, 5.74) is 0.494. The van der Waals surface area contributed by atoms with Crippen molar-refractivity contribution in [2.45, 2.75) is 38.8 Å². The van der Waals surface area contributed by atoms with E-state index in [4.69, 9.17) is 0 Å². The quantitative estimate of drug-likeness (QED) is 0.752. The summed E-state index contributed by atoms with van der Waals surface area (Å²) in [6.45, 7) is 3.34. The maximum Gasteiger partial charge on any atom is 0.573 e. The molecule has 1 amide bonds. The second-order valence-corrected chi connectivity index (χ2v) is 6.91. The number of aryl methyl sites for hydroxylation is 1. The van der Waals surface area contributed by atoms with Gasteiger partial charge in [-0.2, -0.15) is 0 Å². The van der Waals surface area contributed by atoms with Gasteiger partial charge >= 0.3 is 6.36 Å². The van der Waals surface area contributed by atoms with Crippen LogP contribution in [0.2, 0.25) is 0 Å². The zero-order valence-corrected chi connectivity index (χ0v) is 16.1. The van der Waals surface area contributed by atoms with E-state index in [0.29, 0.717) is 24.6 Å². The predicted molar refractivity (Wildman–Crippen MR) is 98.2 cm³/mol. The van der Waals surface area contributed by atoms with Crippen molar-refractivity contribution in [1.29, 1.82) is 0 Å². The van der Waals surface area contributed by atoms with Crippen LogP contribution in [0.1, 0.15) is 19.2 Å². The first-order chi connectivity index (χ1) is 14.0. The summed E-state index contributed by atoms with van der Waals surface area (Å²) in [4.78, 5) is 21.3. The molecular formula is C19H19F5N4O2. The average Bonchev–Trinajstić information content (AvgIpc) is 2.63. The highest BCUT2D eigenvalue weighted by Crippen LogP contribution is 2.30. The third-order valence-electron chi connectivity index (χ3n) is 4.53. The molecule has 2 atom stereocenters. The van der Waals surface area contributed by atoms with Crippen LogP contribution in [0.15, 0.2) is 24.3 Å². The molecule has 6 nitrogen and oxygen atoms in total. The Morgan fingerprint density at radius 2 is 2.00 bits per heavy atom. The average molecular weight is 430 g/mol. The number of alkyl halides is 4. The van der Waals surface area contributed by atoms with Gasteiger partial charge in [-0.3, -0.25) is 4.79 Å². The number of piperidine rings is 1. The number of anilines is 1. The second kappa shape index (κ2) is 8.41. The number of aromatic nitrogens is 2. The van der Waals surface area contributed by atoms with Crippen molar-refractivity contribution in [1.82, 2.24) is 15.3 Å². The Hall–Kier alpha value is -2.98. The molecule has 1 aliphatic rings. The summed E-state index contributed by atoms with van der Waals surface area (Å²) >= 11 is 0. The van der Waals surface area contributed by atoms with Gasteiger partial charge in [0.25, 0.3) is 0 Å². The van der Waals surface area contributed by atoms with Gasteiger partial charge < -0.3 is 15.0 Å². The van der Waals surface area contributed by atoms with E-state index >= 15 is 0 Å². The third kappa shape index (κ3) is 5.33.